The summed E-state index contributed by atoms with van der Waals surface area (Å²) in [7, 11) is 0. The van der Waals surface area contributed by atoms with Crippen LogP contribution in [0.2, 0.25) is 0 Å². The maximum absolute atomic E-state index is 4.76. The van der Waals surface area contributed by atoms with Crippen molar-refractivity contribution in [3.8, 4) is 0 Å². The fourth-order valence-corrected chi connectivity index (χ4v) is 2.14. The van der Waals surface area contributed by atoms with Crippen LogP contribution in [0.1, 0.15) is 0 Å². The van der Waals surface area contributed by atoms with Crippen molar-refractivity contribution in [3.05, 3.63) is 88.4 Å². The van der Waals surface area contributed by atoms with Crippen molar-refractivity contribution in [2.75, 3.05) is 0 Å². The molecule has 0 unspecified atom stereocenters. The van der Waals surface area contributed by atoms with E-state index in [-0.39, 0.29) is 0 Å². The molecule has 0 aliphatic heterocycles. The van der Waals surface area contributed by atoms with Crippen LogP contribution >= 0.6 is 24.4 Å². The Morgan fingerprint density at radius 1 is 0.619 bits per heavy atom. The van der Waals surface area contributed by atoms with E-state index in [9.17, 15) is 0 Å². The van der Waals surface area contributed by atoms with Gasteiger partial charge in [0.05, 0.1) is 0 Å². The number of hydrogen-bond donors (Lipinski definition) is 2. The van der Waals surface area contributed by atoms with Gasteiger partial charge in [0, 0.05) is 12.4 Å². The maximum atomic E-state index is 4.76. The van der Waals surface area contributed by atoms with Crippen molar-refractivity contribution in [2.24, 2.45) is 0 Å². The first-order valence-electron chi connectivity index (χ1n) is 6.20. The second-order valence-corrected chi connectivity index (χ2v) is 6.68. The summed E-state index contributed by atoms with van der Waals surface area (Å²) in [6.45, 7) is 0. The molecule has 0 amide bonds. The van der Waals surface area contributed by atoms with Gasteiger partial charge in [-0.3, -0.25) is 0 Å². The molecular weight excluding hydrogens is 493 g/mol. The molecule has 0 saturated carbocycles. The van der Waals surface area contributed by atoms with Gasteiger partial charge in [-0.1, -0.05) is 36.6 Å². The van der Waals surface area contributed by atoms with Gasteiger partial charge in [0.2, 0.25) is 0 Å². The minimum atomic E-state index is 0.780. The second-order valence-electron chi connectivity index (χ2n) is 3.79. The molecule has 0 saturated heterocycles. The Balaban J connectivity index is 0.000000157. The van der Waals surface area contributed by atoms with Crippen LogP contribution in [0.5, 0.6) is 0 Å². The zero-order valence-corrected chi connectivity index (χ0v) is 16.4. The summed E-state index contributed by atoms with van der Waals surface area (Å²) >= 11 is 10.9. The van der Waals surface area contributed by atoms with Gasteiger partial charge in [-0.2, -0.15) is 0 Å². The molecule has 5 heteroatoms. The van der Waals surface area contributed by atoms with Crippen molar-refractivity contribution < 1.29 is 0 Å². The Hall–Kier alpha value is -1.16. The number of nitrogens with one attached hydrogen (secondary N) is 2. The third kappa shape index (κ3) is 10.2. The van der Waals surface area contributed by atoms with E-state index in [0.29, 0.717) is 0 Å². The number of rotatable bonds is 0. The van der Waals surface area contributed by atoms with E-state index >= 15 is 0 Å². The second kappa shape index (κ2) is 11.5. The van der Waals surface area contributed by atoms with Crippen LogP contribution in [-0.4, -0.2) is 34.7 Å². The molecule has 0 aliphatic carbocycles. The summed E-state index contributed by atoms with van der Waals surface area (Å²) in [4.78, 5) is 5.69. The first-order valence-corrected chi connectivity index (χ1v) is 8.75. The quantitative estimate of drug-likeness (QED) is 0.356. The molecule has 1 aromatic carbocycles. The average molecular weight is 508 g/mol. The predicted molar refractivity (Wildman–Crippen MR) is 95.1 cm³/mol. The summed E-state index contributed by atoms with van der Waals surface area (Å²) in [5.41, 5.74) is 0. The van der Waals surface area contributed by atoms with Gasteiger partial charge in [-0.15, -0.1) is 0 Å². The van der Waals surface area contributed by atoms with E-state index in [1.807, 2.05) is 54.9 Å². The van der Waals surface area contributed by atoms with Crippen LogP contribution < -0.4 is 3.27 Å². The summed E-state index contributed by atoms with van der Waals surface area (Å²) in [6, 6.07) is 21.7. The number of aromatic nitrogens is 2. The third-order valence-corrected chi connectivity index (χ3v) is 3.78. The molecule has 3 aromatic rings. The number of aromatic amines is 2. The molecule has 0 spiro atoms. The average Bonchev–Trinajstić information content (AvgIpc) is 2.51. The van der Waals surface area contributed by atoms with Crippen molar-refractivity contribution >= 4 is 52.4 Å². The molecule has 0 aliphatic rings. The summed E-state index contributed by atoms with van der Waals surface area (Å²) < 4.78 is 2.99. The molecule has 0 fully saturated rings. The summed E-state index contributed by atoms with van der Waals surface area (Å²) in [5, 5.41) is 0. The van der Waals surface area contributed by atoms with Crippen molar-refractivity contribution in [1.82, 2.24) is 9.97 Å². The van der Waals surface area contributed by atoms with E-state index in [1.54, 1.807) is 0 Å². The zero-order valence-electron chi connectivity index (χ0n) is 11.3. The predicted octanol–water partition coefficient (Wildman–Crippen LogP) is 3.97. The third-order valence-electron chi connectivity index (χ3n) is 2.12. The molecule has 2 N–H and O–H groups in total. The number of pyridine rings is 2. The summed E-state index contributed by atoms with van der Waals surface area (Å²) in [5.74, 6) is 0. The Bertz CT molecular complexity index is 643. The van der Waals surface area contributed by atoms with Crippen LogP contribution in [0, 0.1) is 9.28 Å². The van der Waals surface area contributed by atoms with E-state index < -0.39 is 0 Å². The molecule has 2 nitrogen and oxygen atoms in total. The first-order chi connectivity index (χ1) is 10.2. The molecule has 0 atom stereocenters. The van der Waals surface area contributed by atoms with E-state index in [0.717, 1.165) is 9.28 Å². The molecule has 2 heterocycles. The van der Waals surface area contributed by atoms with Crippen molar-refractivity contribution in [3.63, 3.8) is 0 Å². The molecule has 2 aromatic heterocycles. The molecule has 2 radical (unpaired) electrons. The van der Waals surface area contributed by atoms with Gasteiger partial charge in [0.15, 0.2) is 0 Å². The fourth-order valence-electron chi connectivity index (χ4n) is 1.18. The van der Waals surface area contributed by atoms with Gasteiger partial charge in [0.1, 0.15) is 9.28 Å². The Labute approximate surface area is 150 Å². The fraction of sp³-hybridized carbons (Fsp3) is 0. The standard InChI is InChI=1S/C6H5.2C5H5NS.Bi/c1-2-4-6-5-3-1;2*7-5-3-1-2-4-6-5;/h1-5H;2*1-4H,(H,6,7);/q;;;+2. The van der Waals surface area contributed by atoms with Gasteiger partial charge in [0.25, 0.3) is 0 Å². The van der Waals surface area contributed by atoms with E-state index in [4.69, 9.17) is 24.4 Å². The molecule has 104 valence electrons. The zero-order chi connectivity index (χ0) is 15.3. The number of hydrogen-bond acceptors (Lipinski definition) is 2. The normalized spacial score (nSPS) is 8.57. The van der Waals surface area contributed by atoms with Gasteiger partial charge >= 0.3 is 58.3 Å². The molecule has 3 rings (SSSR count). The Morgan fingerprint density at radius 3 is 1.24 bits per heavy atom. The SMILES string of the molecule is S=c1cccc[nH]1.S=c1cccc[nH]1.[Bi+2][c]1ccccc1. The Morgan fingerprint density at radius 2 is 1.05 bits per heavy atom. The molecule has 0 bridgehead atoms. The van der Waals surface area contributed by atoms with Gasteiger partial charge < -0.3 is 9.97 Å². The van der Waals surface area contributed by atoms with Crippen LogP contribution in [0.25, 0.3) is 0 Å². The van der Waals surface area contributed by atoms with Crippen molar-refractivity contribution in [1.29, 1.82) is 0 Å². The monoisotopic (exact) mass is 508 g/mol. The topological polar surface area (TPSA) is 31.6 Å². The van der Waals surface area contributed by atoms with Crippen LogP contribution in [0.4, 0.5) is 0 Å². The molecular formula is C16H15BiN2S2+2. The van der Waals surface area contributed by atoms with E-state index in [1.165, 1.54) is 28.0 Å². The van der Waals surface area contributed by atoms with Crippen LogP contribution in [0.3, 0.4) is 0 Å². The van der Waals surface area contributed by atoms with Crippen LogP contribution in [-0.2, 0) is 0 Å². The van der Waals surface area contributed by atoms with Gasteiger partial charge in [-0.25, -0.2) is 0 Å². The van der Waals surface area contributed by atoms with Gasteiger partial charge in [-0.05, 0) is 24.3 Å². The van der Waals surface area contributed by atoms with Crippen LogP contribution in [0.15, 0.2) is 79.1 Å². The number of benzene rings is 1. The number of H-pyrrole nitrogens is 2. The minimum absolute atomic E-state index is 0.780. The van der Waals surface area contributed by atoms with Crippen molar-refractivity contribution in [2.45, 2.75) is 0 Å². The Kier molecular flexibility index (Phi) is 9.80. The first kappa shape index (κ1) is 17.9. The molecule has 21 heavy (non-hydrogen) atoms. The summed E-state index contributed by atoms with van der Waals surface area (Å²) in [6.07, 6.45) is 3.62. The van der Waals surface area contributed by atoms with E-state index in [2.05, 4.69) is 34.2 Å².